The predicted octanol–water partition coefficient (Wildman–Crippen LogP) is 2.15. The van der Waals surface area contributed by atoms with E-state index in [4.69, 9.17) is 5.73 Å². The average Bonchev–Trinajstić information content (AvgIpc) is 2.19. The van der Waals surface area contributed by atoms with Gasteiger partial charge >= 0.3 is 0 Å². The van der Waals surface area contributed by atoms with Crippen molar-refractivity contribution in [2.75, 3.05) is 0 Å². The summed E-state index contributed by atoms with van der Waals surface area (Å²) in [7, 11) is 0. The van der Waals surface area contributed by atoms with E-state index in [0.29, 0.717) is 11.1 Å². The van der Waals surface area contributed by atoms with Crippen molar-refractivity contribution in [2.24, 2.45) is 11.7 Å². The molecule has 0 aliphatic heterocycles. The highest BCUT2D eigenvalue weighted by molar-refractivity contribution is 5.26. The standard InChI is InChI=1S/C12H18FNO/c1-7(2)11(14)12(15)9-4-5-10(13)8(3)6-9/h4-7,11-12,15H,14H2,1-3H3. The number of rotatable bonds is 3. The summed E-state index contributed by atoms with van der Waals surface area (Å²) in [6.45, 7) is 5.57. The summed E-state index contributed by atoms with van der Waals surface area (Å²) >= 11 is 0. The van der Waals surface area contributed by atoms with Crippen LogP contribution >= 0.6 is 0 Å². The lowest BCUT2D eigenvalue weighted by Crippen LogP contribution is -2.33. The van der Waals surface area contributed by atoms with E-state index in [1.54, 1.807) is 19.1 Å². The third-order valence-electron chi connectivity index (χ3n) is 2.66. The lowest BCUT2D eigenvalue weighted by molar-refractivity contribution is 0.125. The first-order chi connectivity index (χ1) is 6.93. The Hall–Kier alpha value is -0.930. The van der Waals surface area contributed by atoms with Gasteiger partial charge in [-0.2, -0.15) is 0 Å². The van der Waals surface area contributed by atoms with Gasteiger partial charge in [-0.1, -0.05) is 26.0 Å². The largest absolute Gasteiger partial charge is 0.387 e. The normalized spacial score (nSPS) is 15.4. The molecule has 0 aliphatic carbocycles. The fourth-order valence-electron chi connectivity index (χ4n) is 1.44. The third kappa shape index (κ3) is 2.76. The quantitative estimate of drug-likeness (QED) is 0.804. The monoisotopic (exact) mass is 211 g/mol. The summed E-state index contributed by atoms with van der Waals surface area (Å²) in [6.07, 6.45) is -0.732. The van der Waals surface area contributed by atoms with Crippen molar-refractivity contribution >= 4 is 0 Å². The zero-order valence-electron chi connectivity index (χ0n) is 9.37. The lowest BCUT2D eigenvalue weighted by atomic mass is 9.93. The molecule has 1 rings (SSSR count). The highest BCUT2D eigenvalue weighted by Gasteiger charge is 2.20. The molecule has 0 aliphatic rings. The topological polar surface area (TPSA) is 46.2 Å². The second kappa shape index (κ2) is 4.73. The summed E-state index contributed by atoms with van der Waals surface area (Å²) in [4.78, 5) is 0. The van der Waals surface area contributed by atoms with Crippen molar-refractivity contribution in [1.82, 2.24) is 0 Å². The molecule has 15 heavy (non-hydrogen) atoms. The number of benzene rings is 1. The van der Waals surface area contributed by atoms with Gasteiger partial charge in [-0.05, 0) is 30.0 Å². The summed E-state index contributed by atoms with van der Waals surface area (Å²) in [6, 6.07) is 4.26. The molecule has 0 radical (unpaired) electrons. The number of aliphatic hydroxyl groups excluding tert-OH is 1. The minimum atomic E-state index is -0.732. The van der Waals surface area contributed by atoms with Crippen LogP contribution in [-0.4, -0.2) is 11.1 Å². The van der Waals surface area contributed by atoms with Gasteiger partial charge in [0, 0.05) is 6.04 Å². The first kappa shape index (κ1) is 12.1. The molecule has 1 aromatic rings. The van der Waals surface area contributed by atoms with Crippen molar-refractivity contribution < 1.29 is 9.50 Å². The van der Waals surface area contributed by atoms with Crippen molar-refractivity contribution in [1.29, 1.82) is 0 Å². The molecule has 0 bridgehead atoms. The summed E-state index contributed by atoms with van der Waals surface area (Å²) in [5.74, 6) is -0.0746. The molecule has 2 nitrogen and oxygen atoms in total. The molecule has 3 N–H and O–H groups in total. The minimum Gasteiger partial charge on any atom is -0.387 e. The number of hydrogen-bond donors (Lipinski definition) is 2. The van der Waals surface area contributed by atoms with E-state index >= 15 is 0 Å². The molecule has 0 amide bonds. The van der Waals surface area contributed by atoms with Crippen LogP contribution in [-0.2, 0) is 0 Å². The van der Waals surface area contributed by atoms with Crippen LogP contribution < -0.4 is 5.73 Å². The average molecular weight is 211 g/mol. The van der Waals surface area contributed by atoms with Gasteiger partial charge in [0.15, 0.2) is 0 Å². The molecular weight excluding hydrogens is 193 g/mol. The highest BCUT2D eigenvalue weighted by Crippen LogP contribution is 2.22. The Bertz CT molecular complexity index is 338. The Morgan fingerprint density at radius 1 is 1.33 bits per heavy atom. The Morgan fingerprint density at radius 2 is 1.93 bits per heavy atom. The fourth-order valence-corrected chi connectivity index (χ4v) is 1.44. The maximum atomic E-state index is 13.0. The van der Waals surface area contributed by atoms with Gasteiger partial charge in [-0.25, -0.2) is 4.39 Å². The number of halogens is 1. The van der Waals surface area contributed by atoms with E-state index in [2.05, 4.69) is 0 Å². The number of aryl methyl sites for hydroxylation is 1. The summed E-state index contributed by atoms with van der Waals surface area (Å²) in [5, 5.41) is 9.93. The van der Waals surface area contributed by atoms with Crippen LogP contribution in [0.3, 0.4) is 0 Å². The van der Waals surface area contributed by atoms with Gasteiger partial charge in [0.25, 0.3) is 0 Å². The zero-order valence-corrected chi connectivity index (χ0v) is 9.37. The number of nitrogens with two attached hydrogens (primary N) is 1. The molecule has 1 aromatic carbocycles. The van der Waals surface area contributed by atoms with Crippen molar-refractivity contribution in [3.8, 4) is 0 Å². The molecule has 2 unspecified atom stereocenters. The van der Waals surface area contributed by atoms with E-state index in [9.17, 15) is 9.50 Å². The molecule has 0 saturated heterocycles. The predicted molar refractivity (Wildman–Crippen MR) is 58.9 cm³/mol. The van der Waals surface area contributed by atoms with Gasteiger partial charge in [-0.15, -0.1) is 0 Å². The second-order valence-corrected chi connectivity index (χ2v) is 4.27. The van der Waals surface area contributed by atoms with Crippen LogP contribution in [0.5, 0.6) is 0 Å². The Balaban J connectivity index is 2.91. The van der Waals surface area contributed by atoms with Gasteiger partial charge in [0.2, 0.25) is 0 Å². The molecule has 0 fully saturated rings. The molecule has 2 atom stereocenters. The van der Waals surface area contributed by atoms with Crippen LogP contribution in [0.2, 0.25) is 0 Å². The Kier molecular flexibility index (Phi) is 3.83. The molecule has 0 aromatic heterocycles. The van der Waals surface area contributed by atoms with Crippen LogP contribution in [0.4, 0.5) is 4.39 Å². The summed E-state index contributed by atoms with van der Waals surface area (Å²) in [5.41, 5.74) is 7.04. The zero-order chi connectivity index (χ0) is 11.6. The van der Waals surface area contributed by atoms with Crippen LogP contribution in [0.15, 0.2) is 18.2 Å². The van der Waals surface area contributed by atoms with Crippen molar-refractivity contribution in [3.63, 3.8) is 0 Å². The lowest BCUT2D eigenvalue weighted by Gasteiger charge is -2.22. The van der Waals surface area contributed by atoms with Crippen molar-refractivity contribution in [2.45, 2.75) is 32.9 Å². The number of aliphatic hydroxyl groups is 1. The van der Waals surface area contributed by atoms with Crippen LogP contribution in [0.25, 0.3) is 0 Å². The van der Waals surface area contributed by atoms with Crippen LogP contribution in [0, 0.1) is 18.7 Å². The fraction of sp³-hybridized carbons (Fsp3) is 0.500. The highest BCUT2D eigenvalue weighted by atomic mass is 19.1. The molecule has 3 heteroatoms. The van der Waals surface area contributed by atoms with Gasteiger partial charge in [-0.3, -0.25) is 0 Å². The van der Waals surface area contributed by atoms with Gasteiger partial charge in [0.1, 0.15) is 5.82 Å². The van der Waals surface area contributed by atoms with E-state index in [-0.39, 0.29) is 17.8 Å². The SMILES string of the molecule is Cc1cc(C(O)C(N)C(C)C)ccc1F. The van der Waals surface area contributed by atoms with Gasteiger partial charge < -0.3 is 10.8 Å². The van der Waals surface area contributed by atoms with Crippen LogP contribution in [0.1, 0.15) is 31.1 Å². The molecule has 0 heterocycles. The smallest absolute Gasteiger partial charge is 0.126 e. The first-order valence-electron chi connectivity index (χ1n) is 5.13. The van der Waals surface area contributed by atoms with Gasteiger partial charge in [0.05, 0.1) is 6.10 Å². The van der Waals surface area contributed by atoms with E-state index in [1.165, 1.54) is 6.07 Å². The van der Waals surface area contributed by atoms with Crippen molar-refractivity contribution in [3.05, 3.63) is 35.1 Å². The summed E-state index contributed by atoms with van der Waals surface area (Å²) < 4.78 is 13.0. The minimum absolute atomic E-state index is 0.186. The maximum Gasteiger partial charge on any atom is 0.126 e. The molecule has 84 valence electrons. The molecule has 0 saturated carbocycles. The maximum absolute atomic E-state index is 13.0. The first-order valence-corrected chi connectivity index (χ1v) is 5.13. The third-order valence-corrected chi connectivity index (χ3v) is 2.66. The molecular formula is C12H18FNO. The second-order valence-electron chi connectivity index (χ2n) is 4.27. The molecule has 0 spiro atoms. The Labute approximate surface area is 89.9 Å². The van der Waals surface area contributed by atoms with E-state index in [0.717, 1.165) is 0 Å². The Morgan fingerprint density at radius 3 is 2.40 bits per heavy atom. The number of hydrogen-bond acceptors (Lipinski definition) is 2. The van der Waals surface area contributed by atoms with E-state index < -0.39 is 6.10 Å². The van der Waals surface area contributed by atoms with E-state index in [1.807, 2.05) is 13.8 Å².